The van der Waals surface area contributed by atoms with Crippen LogP contribution in [0.3, 0.4) is 0 Å². The zero-order valence-electron chi connectivity index (χ0n) is 8.46. The van der Waals surface area contributed by atoms with Crippen molar-refractivity contribution >= 4 is 21.6 Å². The molecule has 0 aromatic carbocycles. The smallest absolute Gasteiger partial charge is 0.218 e. The minimum absolute atomic E-state index is 0.134. The SMILES string of the molecule is CCC(C)Cn1cc(N)c(=O)c(Br)c1. The molecule has 0 aliphatic heterocycles. The van der Waals surface area contributed by atoms with Crippen molar-refractivity contribution in [1.82, 2.24) is 4.57 Å². The van der Waals surface area contributed by atoms with Crippen molar-refractivity contribution in [3.63, 3.8) is 0 Å². The van der Waals surface area contributed by atoms with Crippen LogP contribution in [0.5, 0.6) is 0 Å². The van der Waals surface area contributed by atoms with Crippen LogP contribution in [0.4, 0.5) is 5.69 Å². The van der Waals surface area contributed by atoms with E-state index in [9.17, 15) is 4.79 Å². The van der Waals surface area contributed by atoms with Crippen molar-refractivity contribution in [2.75, 3.05) is 5.73 Å². The van der Waals surface area contributed by atoms with Gasteiger partial charge in [0.25, 0.3) is 0 Å². The van der Waals surface area contributed by atoms with Gasteiger partial charge in [-0.25, -0.2) is 0 Å². The molecule has 1 aromatic heterocycles. The van der Waals surface area contributed by atoms with Crippen LogP contribution in [-0.4, -0.2) is 4.57 Å². The van der Waals surface area contributed by atoms with Crippen LogP contribution in [0.1, 0.15) is 20.3 Å². The van der Waals surface area contributed by atoms with E-state index in [0.29, 0.717) is 16.1 Å². The van der Waals surface area contributed by atoms with Crippen molar-refractivity contribution in [2.45, 2.75) is 26.8 Å². The Kier molecular flexibility index (Phi) is 3.75. The Morgan fingerprint density at radius 3 is 2.71 bits per heavy atom. The molecule has 0 aliphatic rings. The fourth-order valence-electron chi connectivity index (χ4n) is 1.21. The molecule has 1 rings (SSSR count). The van der Waals surface area contributed by atoms with E-state index < -0.39 is 0 Å². The van der Waals surface area contributed by atoms with Crippen molar-refractivity contribution in [1.29, 1.82) is 0 Å². The minimum Gasteiger partial charge on any atom is -0.394 e. The van der Waals surface area contributed by atoms with E-state index in [4.69, 9.17) is 5.73 Å². The Bertz CT molecular complexity index is 347. The molecule has 0 saturated carbocycles. The number of pyridine rings is 1. The van der Waals surface area contributed by atoms with Gasteiger partial charge < -0.3 is 10.3 Å². The van der Waals surface area contributed by atoms with Gasteiger partial charge in [-0.2, -0.15) is 0 Å². The molecule has 14 heavy (non-hydrogen) atoms. The first-order valence-corrected chi connectivity index (χ1v) is 5.49. The summed E-state index contributed by atoms with van der Waals surface area (Å²) in [5.74, 6) is 0.587. The molecule has 78 valence electrons. The largest absolute Gasteiger partial charge is 0.394 e. The molecule has 0 spiro atoms. The summed E-state index contributed by atoms with van der Waals surface area (Å²) in [5.41, 5.74) is 5.74. The number of halogens is 1. The van der Waals surface area contributed by atoms with Crippen molar-refractivity contribution < 1.29 is 0 Å². The summed E-state index contributed by atoms with van der Waals surface area (Å²) in [6.07, 6.45) is 4.59. The van der Waals surface area contributed by atoms with Crippen LogP contribution >= 0.6 is 15.9 Å². The summed E-state index contributed by atoms with van der Waals surface area (Å²) in [6.45, 7) is 5.20. The van der Waals surface area contributed by atoms with Crippen molar-refractivity contribution in [3.05, 3.63) is 27.1 Å². The Hall–Kier alpha value is -0.770. The van der Waals surface area contributed by atoms with Gasteiger partial charge >= 0.3 is 0 Å². The van der Waals surface area contributed by atoms with Gasteiger partial charge in [-0.3, -0.25) is 4.79 Å². The lowest BCUT2D eigenvalue weighted by Gasteiger charge is -2.12. The van der Waals surface area contributed by atoms with E-state index in [1.165, 1.54) is 0 Å². The Morgan fingerprint density at radius 1 is 1.57 bits per heavy atom. The van der Waals surface area contributed by atoms with Gasteiger partial charge in [0.2, 0.25) is 5.43 Å². The van der Waals surface area contributed by atoms with Gasteiger partial charge in [0.1, 0.15) is 0 Å². The molecule has 0 radical (unpaired) electrons. The molecule has 0 fully saturated rings. The number of nitrogen functional groups attached to an aromatic ring is 1. The average molecular weight is 259 g/mol. The zero-order valence-corrected chi connectivity index (χ0v) is 10.0. The summed E-state index contributed by atoms with van der Waals surface area (Å²) in [5, 5.41) is 0. The predicted molar refractivity (Wildman–Crippen MR) is 62.3 cm³/mol. The van der Waals surface area contributed by atoms with Crippen LogP contribution in [0.2, 0.25) is 0 Å². The Morgan fingerprint density at radius 2 is 2.21 bits per heavy atom. The molecular weight excluding hydrogens is 244 g/mol. The summed E-state index contributed by atoms with van der Waals surface area (Å²) < 4.78 is 2.48. The molecule has 1 atom stereocenters. The van der Waals surface area contributed by atoms with E-state index in [-0.39, 0.29) is 5.43 Å². The van der Waals surface area contributed by atoms with Gasteiger partial charge in [0.15, 0.2) is 0 Å². The molecule has 0 amide bonds. The van der Waals surface area contributed by atoms with Crippen LogP contribution in [0.15, 0.2) is 21.7 Å². The number of hydrogen-bond donors (Lipinski definition) is 1. The summed E-state index contributed by atoms with van der Waals surface area (Å²) in [7, 11) is 0. The molecule has 1 unspecified atom stereocenters. The van der Waals surface area contributed by atoms with E-state index in [1.54, 1.807) is 12.4 Å². The molecule has 1 aromatic rings. The number of hydrogen-bond acceptors (Lipinski definition) is 2. The van der Waals surface area contributed by atoms with Crippen LogP contribution < -0.4 is 11.2 Å². The van der Waals surface area contributed by atoms with Gasteiger partial charge in [0.05, 0.1) is 10.2 Å². The number of rotatable bonds is 3. The maximum absolute atomic E-state index is 11.3. The number of aromatic nitrogens is 1. The summed E-state index contributed by atoms with van der Waals surface area (Å²) in [6, 6.07) is 0. The molecule has 3 nitrogen and oxygen atoms in total. The van der Waals surface area contributed by atoms with Crippen LogP contribution in [0, 0.1) is 5.92 Å². The highest BCUT2D eigenvalue weighted by Gasteiger charge is 2.04. The number of nitrogens with zero attached hydrogens (tertiary/aromatic N) is 1. The van der Waals surface area contributed by atoms with Gasteiger partial charge in [-0.15, -0.1) is 0 Å². The third kappa shape index (κ3) is 2.61. The van der Waals surface area contributed by atoms with E-state index >= 15 is 0 Å². The monoisotopic (exact) mass is 258 g/mol. The third-order valence-corrected chi connectivity index (χ3v) is 2.85. The lowest BCUT2D eigenvalue weighted by molar-refractivity contribution is 0.467. The highest BCUT2D eigenvalue weighted by Crippen LogP contribution is 2.10. The normalized spacial score (nSPS) is 12.8. The molecule has 0 saturated heterocycles. The summed E-state index contributed by atoms with van der Waals surface area (Å²) in [4.78, 5) is 11.3. The molecule has 2 N–H and O–H groups in total. The molecule has 0 aliphatic carbocycles. The quantitative estimate of drug-likeness (QED) is 0.904. The Labute approximate surface area is 92.1 Å². The second-order valence-electron chi connectivity index (χ2n) is 3.60. The number of nitrogens with two attached hydrogens (primary N) is 1. The standard InChI is InChI=1S/C10H15BrN2O/c1-3-7(2)4-13-5-8(11)10(14)9(12)6-13/h5-7H,3-4,12H2,1-2H3. The minimum atomic E-state index is -0.134. The first-order chi connectivity index (χ1) is 6.54. The molecule has 1 heterocycles. The summed E-state index contributed by atoms with van der Waals surface area (Å²) >= 11 is 3.20. The first kappa shape index (κ1) is 11.3. The second kappa shape index (κ2) is 4.64. The van der Waals surface area contributed by atoms with E-state index in [0.717, 1.165) is 13.0 Å². The van der Waals surface area contributed by atoms with Crippen molar-refractivity contribution in [3.8, 4) is 0 Å². The zero-order chi connectivity index (χ0) is 10.7. The average Bonchev–Trinajstić information content (AvgIpc) is 2.14. The molecule has 0 bridgehead atoms. The van der Waals surface area contributed by atoms with Gasteiger partial charge in [-0.1, -0.05) is 20.3 Å². The van der Waals surface area contributed by atoms with Gasteiger partial charge in [0, 0.05) is 18.9 Å². The third-order valence-electron chi connectivity index (χ3n) is 2.28. The van der Waals surface area contributed by atoms with Gasteiger partial charge in [-0.05, 0) is 21.8 Å². The van der Waals surface area contributed by atoms with Crippen LogP contribution in [-0.2, 0) is 6.54 Å². The maximum Gasteiger partial charge on any atom is 0.218 e. The van der Waals surface area contributed by atoms with E-state index in [2.05, 4.69) is 29.8 Å². The molecular formula is C10H15BrN2O. The van der Waals surface area contributed by atoms with Crippen LogP contribution in [0.25, 0.3) is 0 Å². The van der Waals surface area contributed by atoms with E-state index in [1.807, 2.05) is 4.57 Å². The first-order valence-electron chi connectivity index (χ1n) is 4.69. The second-order valence-corrected chi connectivity index (χ2v) is 4.46. The Balaban J connectivity index is 2.95. The number of anilines is 1. The highest BCUT2D eigenvalue weighted by atomic mass is 79.9. The topological polar surface area (TPSA) is 48.0 Å². The maximum atomic E-state index is 11.3. The lowest BCUT2D eigenvalue weighted by Crippen LogP contribution is -2.15. The predicted octanol–water partition coefficient (Wildman–Crippen LogP) is 2.24. The van der Waals surface area contributed by atoms with Crippen molar-refractivity contribution in [2.24, 2.45) is 5.92 Å². The fourth-order valence-corrected chi connectivity index (χ4v) is 1.70. The molecule has 4 heteroatoms. The highest BCUT2D eigenvalue weighted by molar-refractivity contribution is 9.10. The lowest BCUT2D eigenvalue weighted by atomic mass is 10.1. The fraction of sp³-hybridized carbons (Fsp3) is 0.500.